The summed E-state index contributed by atoms with van der Waals surface area (Å²) in [6.07, 6.45) is 2.46. The SMILES string of the molecule is Cc1nnc(SC[C@@H]2C[C@H](c3ccc(CO)cc3)O[C@H](c3ccc(-c4cccc(CNC(=O)CCCCCC(=O)O)c4)cc3)O2)s1. The number of rotatable bonds is 15. The van der Waals surface area contributed by atoms with E-state index < -0.39 is 12.3 Å². The average molecular weight is 662 g/mol. The number of aliphatic hydroxyl groups excluding tert-OH is 1. The molecule has 1 amide bonds. The highest BCUT2D eigenvalue weighted by molar-refractivity contribution is 8.01. The minimum atomic E-state index is -0.802. The molecule has 242 valence electrons. The number of carboxylic acids is 1. The quantitative estimate of drug-likeness (QED) is 0.0911. The molecule has 2 heterocycles. The van der Waals surface area contributed by atoms with Crippen LogP contribution in [0.3, 0.4) is 0 Å². The molecule has 1 fully saturated rings. The van der Waals surface area contributed by atoms with Crippen LogP contribution in [0.4, 0.5) is 0 Å². The molecule has 0 aliphatic carbocycles. The lowest BCUT2D eigenvalue weighted by molar-refractivity contribution is -0.245. The molecular formula is C35H39N3O6S2. The van der Waals surface area contributed by atoms with E-state index in [1.807, 2.05) is 61.5 Å². The number of aliphatic carboxylic acids is 1. The van der Waals surface area contributed by atoms with E-state index in [-0.39, 0.29) is 31.1 Å². The first-order chi connectivity index (χ1) is 22.4. The Hall–Kier alpha value is -3.61. The summed E-state index contributed by atoms with van der Waals surface area (Å²) in [6, 6.07) is 24.2. The first-order valence-corrected chi connectivity index (χ1v) is 17.3. The summed E-state index contributed by atoms with van der Waals surface area (Å²) in [7, 11) is 0. The lowest BCUT2D eigenvalue weighted by atomic mass is 9.99. The van der Waals surface area contributed by atoms with E-state index in [0.717, 1.165) is 54.9 Å². The molecule has 0 radical (unpaired) electrons. The van der Waals surface area contributed by atoms with E-state index in [1.165, 1.54) is 0 Å². The van der Waals surface area contributed by atoms with Crippen LogP contribution < -0.4 is 5.32 Å². The predicted molar refractivity (Wildman–Crippen MR) is 178 cm³/mol. The standard InChI is InChI=1S/C35H39N3O6S2/c1-23-37-38-35(46-23)45-22-30-19-31(27-12-10-24(21-39)11-13-27)44-34(43-30)28-16-14-26(15-17-28)29-7-5-6-25(18-29)20-36-32(40)8-3-2-4-9-33(41)42/h5-7,10-18,30-31,34,39H,2-4,8-9,19-22H2,1H3,(H,36,40)(H,41,42)/t30-,31+,34+/m0/s1. The summed E-state index contributed by atoms with van der Waals surface area (Å²) in [4.78, 5) is 22.9. The van der Waals surface area contributed by atoms with Crippen LogP contribution >= 0.6 is 23.1 Å². The van der Waals surface area contributed by atoms with E-state index in [9.17, 15) is 14.7 Å². The van der Waals surface area contributed by atoms with Crippen LogP contribution in [0.2, 0.25) is 0 Å². The van der Waals surface area contributed by atoms with E-state index in [4.69, 9.17) is 14.6 Å². The molecule has 1 aliphatic heterocycles. The Morgan fingerprint density at radius 1 is 0.913 bits per heavy atom. The Kier molecular flexibility index (Phi) is 12.3. The number of hydrogen-bond donors (Lipinski definition) is 3. The third-order valence-electron chi connectivity index (χ3n) is 7.74. The van der Waals surface area contributed by atoms with Gasteiger partial charge in [-0.1, -0.05) is 96.2 Å². The second-order valence-corrected chi connectivity index (χ2v) is 13.8. The molecule has 5 rings (SSSR count). The largest absolute Gasteiger partial charge is 0.481 e. The summed E-state index contributed by atoms with van der Waals surface area (Å²) in [5.74, 6) is -0.106. The van der Waals surface area contributed by atoms with E-state index in [2.05, 4.69) is 33.7 Å². The maximum absolute atomic E-state index is 12.3. The highest BCUT2D eigenvalue weighted by atomic mass is 32.2. The molecule has 0 unspecified atom stereocenters. The normalized spacial score (nSPS) is 17.9. The molecule has 3 N–H and O–H groups in total. The Bertz CT molecular complexity index is 1580. The van der Waals surface area contributed by atoms with Crippen LogP contribution in [0.1, 0.15) is 78.2 Å². The molecule has 1 saturated heterocycles. The van der Waals surface area contributed by atoms with Gasteiger partial charge in [-0.2, -0.15) is 0 Å². The number of aryl methyl sites for hydroxylation is 1. The predicted octanol–water partition coefficient (Wildman–Crippen LogP) is 6.99. The van der Waals surface area contributed by atoms with Crippen molar-refractivity contribution in [1.29, 1.82) is 0 Å². The molecule has 9 nitrogen and oxygen atoms in total. The molecule has 4 aromatic rings. The lowest BCUT2D eigenvalue weighted by Gasteiger charge is -2.36. The molecule has 46 heavy (non-hydrogen) atoms. The molecular weight excluding hydrogens is 623 g/mol. The summed E-state index contributed by atoms with van der Waals surface area (Å²) in [6.45, 7) is 2.38. The third kappa shape index (κ3) is 9.94. The van der Waals surface area contributed by atoms with Crippen LogP contribution in [-0.2, 0) is 32.2 Å². The molecule has 0 saturated carbocycles. The van der Waals surface area contributed by atoms with Crippen LogP contribution in [-0.4, -0.2) is 44.1 Å². The van der Waals surface area contributed by atoms with Gasteiger partial charge in [-0.3, -0.25) is 9.59 Å². The van der Waals surface area contributed by atoms with E-state index in [1.54, 1.807) is 23.1 Å². The van der Waals surface area contributed by atoms with Gasteiger partial charge in [0.25, 0.3) is 0 Å². The van der Waals surface area contributed by atoms with Crippen molar-refractivity contribution in [2.75, 3.05) is 5.75 Å². The Morgan fingerprint density at radius 2 is 1.67 bits per heavy atom. The van der Waals surface area contributed by atoms with Crippen molar-refractivity contribution in [3.8, 4) is 11.1 Å². The van der Waals surface area contributed by atoms with E-state index >= 15 is 0 Å². The van der Waals surface area contributed by atoms with Gasteiger partial charge < -0.3 is 25.0 Å². The number of amides is 1. The summed E-state index contributed by atoms with van der Waals surface area (Å²) in [5, 5.41) is 30.5. The second-order valence-electron chi connectivity index (χ2n) is 11.3. The van der Waals surface area contributed by atoms with E-state index in [0.29, 0.717) is 32.2 Å². The zero-order chi connectivity index (χ0) is 32.3. The molecule has 0 spiro atoms. The fourth-order valence-corrected chi connectivity index (χ4v) is 7.10. The van der Waals surface area contributed by atoms with Crippen LogP contribution in [0.15, 0.2) is 77.1 Å². The monoisotopic (exact) mass is 661 g/mol. The van der Waals surface area contributed by atoms with Gasteiger partial charge >= 0.3 is 5.97 Å². The van der Waals surface area contributed by atoms with Crippen LogP contribution in [0, 0.1) is 6.92 Å². The zero-order valence-electron chi connectivity index (χ0n) is 25.8. The number of carboxylic acid groups (broad SMARTS) is 1. The number of ether oxygens (including phenoxy) is 2. The Morgan fingerprint density at radius 3 is 2.39 bits per heavy atom. The van der Waals surface area contributed by atoms with Crippen molar-refractivity contribution in [3.05, 3.63) is 100 Å². The number of nitrogens with zero attached hydrogens (tertiary/aromatic N) is 2. The zero-order valence-corrected chi connectivity index (χ0v) is 27.4. The molecule has 1 aliphatic rings. The van der Waals surface area contributed by atoms with Crippen molar-refractivity contribution < 1.29 is 29.3 Å². The smallest absolute Gasteiger partial charge is 0.303 e. The number of unbranched alkanes of at least 4 members (excludes halogenated alkanes) is 2. The van der Waals surface area contributed by atoms with Gasteiger partial charge in [-0.05, 0) is 53.6 Å². The maximum atomic E-state index is 12.3. The third-order valence-corrected chi connectivity index (χ3v) is 9.85. The number of nitrogens with one attached hydrogen (secondary N) is 1. The van der Waals surface area contributed by atoms with Crippen LogP contribution in [0.5, 0.6) is 0 Å². The molecule has 3 atom stereocenters. The first-order valence-electron chi connectivity index (χ1n) is 15.5. The summed E-state index contributed by atoms with van der Waals surface area (Å²) in [5.41, 5.74) is 5.92. The molecule has 3 aromatic carbocycles. The van der Waals surface area contributed by atoms with Crippen LogP contribution in [0.25, 0.3) is 11.1 Å². The van der Waals surface area contributed by atoms with Gasteiger partial charge in [0.05, 0.1) is 18.8 Å². The summed E-state index contributed by atoms with van der Waals surface area (Å²) < 4.78 is 13.9. The van der Waals surface area contributed by atoms with Crippen molar-refractivity contribution in [2.45, 2.75) is 81.4 Å². The number of carbonyl (C=O) groups is 2. The van der Waals surface area contributed by atoms with Gasteiger partial charge in [-0.25, -0.2) is 0 Å². The minimum absolute atomic E-state index is 0.000453. The summed E-state index contributed by atoms with van der Waals surface area (Å²) >= 11 is 3.23. The highest BCUT2D eigenvalue weighted by Crippen LogP contribution is 2.40. The van der Waals surface area contributed by atoms with Crippen molar-refractivity contribution in [2.24, 2.45) is 0 Å². The van der Waals surface area contributed by atoms with Crippen molar-refractivity contribution in [3.63, 3.8) is 0 Å². The van der Waals surface area contributed by atoms with Gasteiger partial charge in [0.15, 0.2) is 10.6 Å². The minimum Gasteiger partial charge on any atom is -0.481 e. The lowest BCUT2D eigenvalue weighted by Crippen LogP contribution is -2.31. The highest BCUT2D eigenvalue weighted by Gasteiger charge is 2.32. The Labute approximate surface area is 277 Å². The molecule has 11 heteroatoms. The first kappa shape index (κ1) is 33.7. The number of carbonyl (C=O) groups excluding carboxylic acids is 1. The fourth-order valence-electron chi connectivity index (χ4n) is 5.24. The van der Waals surface area contributed by atoms with Gasteiger partial charge in [0, 0.05) is 37.1 Å². The van der Waals surface area contributed by atoms with Crippen molar-refractivity contribution in [1.82, 2.24) is 15.5 Å². The Balaban J connectivity index is 1.21. The number of aromatic nitrogens is 2. The number of aliphatic hydroxyl groups is 1. The average Bonchev–Trinajstić information content (AvgIpc) is 3.51. The number of benzene rings is 3. The molecule has 0 bridgehead atoms. The van der Waals surface area contributed by atoms with Crippen molar-refractivity contribution >= 4 is 35.0 Å². The molecule has 1 aromatic heterocycles. The second kappa shape index (κ2) is 16.8. The van der Waals surface area contributed by atoms with Gasteiger partial charge in [-0.15, -0.1) is 10.2 Å². The van der Waals surface area contributed by atoms with Gasteiger partial charge in [0.2, 0.25) is 5.91 Å². The number of hydrogen-bond acceptors (Lipinski definition) is 9. The maximum Gasteiger partial charge on any atom is 0.303 e. The van der Waals surface area contributed by atoms with Gasteiger partial charge in [0.1, 0.15) is 5.01 Å². The number of thioether (sulfide) groups is 1. The fraction of sp³-hybridized carbons (Fsp3) is 0.371. The topological polar surface area (TPSA) is 131 Å².